The molecule has 31 heteroatoms. The van der Waals surface area contributed by atoms with Crippen LogP contribution in [0.2, 0.25) is 0 Å². The number of likely N-dealkylation sites (tertiary alicyclic amines) is 1. The number of amides is 8. The number of unbranched alkanes of at least 4 members (excludes halogenated alkanes) is 2. The van der Waals surface area contributed by atoms with Gasteiger partial charge in [-0.25, -0.2) is 4.79 Å². The van der Waals surface area contributed by atoms with E-state index < -0.39 is 133 Å². The van der Waals surface area contributed by atoms with Crippen LogP contribution in [0.15, 0.2) is 30.0 Å². The average Bonchev–Trinajstić information content (AvgIpc) is 3.94. The standard InChI is InChI=1S/C49H85N17O14/c1-79-36-16-15-27(23-37(36)80-2)22-32(43(72)61-29(11-4-6-18-51)42(71)62-31(48(77)78)13-8-20-58-49(56)57)63-44(73)33-14-9-21-66(33)47(76)30(12-7-19-52)60-38(69)26-59-45(74)39(34(67)24-53)65-46(75)40(35(68)25-54)64-41(70)28(55)10-3-5-17-50/h13,15-16,23,28-30,32-35,39-40,67-68H,3-12,14,17-22,24-26,50-55H2,1-2H3,(H,59,74)(H,60,69)(H,61,72)(H,62,71)(H,63,73)(H,64,70)(H,65,75)(H,77,78)(H4,56,57,58)/b31-13-/t28-,29-,30+,32-,33-,34-,35-,39-,40-/m0/s1. The Hall–Kier alpha value is -7.26. The number of nitrogens with zero attached hydrogens (tertiary/aromatic N) is 1. The lowest BCUT2D eigenvalue weighted by atomic mass is 10.0. The van der Waals surface area contributed by atoms with Gasteiger partial charge in [-0.15, -0.1) is 0 Å². The molecule has 450 valence electrons. The molecule has 0 radical (unpaired) electrons. The van der Waals surface area contributed by atoms with Gasteiger partial charge in [0.15, 0.2) is 17.5 Å². The Balaban J connectivity index is 2.39. The fourth-order valence-corrected chi connectivity index (χ4v) is 8.28. The van der Waals surface area contributed by atoms with Crippen LogP contribution in [0.3, 0.4) is 0 Å². The zero-order chi connectivity index (χ0) is 59.9. The average molecular weight is 1140 g/mol. The maximum absolute atomic E-state index is 14.4. The number of carbonyl (C=O) groups excluding carboxylic acids is 8. The molecule has 1 aromatic carbocycles. The number of carboxylic acid groups (broad SMARTS) is 1. The Morgan fingerprint density at radius 3 is 1.90 bits per heavy atom. The summed E-state index contributed by atoms with van der Waals surface area (Å²) in [6, 6.07) is -5.14. The van der Waals surface area contributed by atoms with Crippen molar-refractivity contribution in [2.45, 2.75) is 132 Å². The zero-order valence-corrected chi connectivity index (χ0v) is 45.5. The minimum atomic E-state index is -1.83. The highest BCUT2D eigenvalue weighted by atomic mass is 16.5. The second kappa shape index (κ2) is 36.8. The Kier molecular flexibility index (Phi) is 31.7. The maximum atomic E-state index is 14.4. The molecule has 0 unspecified atom stereocenters. The molecule has 0 aromatic heterocycles. The first-order chi connectivity index (χ1) is 38.1. The summed E-state index contributed by atoms with van der Waals surface area (Å²) in [5.74, 6) is -8.38. The molecule has 0 bridgehead atoms. The molecule has 8 amide bonds. The van der Waals surface area contributed by atoms with Crippen molar-refractivity contribution in [2.75, 3.05) is 66.6 Å². The summed E-state index contributed by atoms with van der Waals surface area (Å²) in [5.41, 5.74) is 39.4. The van der Waals surface area contributed by atoms with Crippen LogP contribution in [0.4, 0.5) is 0 Å². The van der Waals surface area contributed by atoms with Gasteiger partial charge in [-0.3, -0.25) is 43.8 Å². The summed E-state index contributed by atoms with van der Waals surface area (Å²) in [7, 11) is 2.83. The third kappa shape index (κ3) is 23.2. The van der Waals surface area contributed by atoms with E-state index in [1.165, 1.54) is 25.2 Å². The van der Waals surface area contributed by atoms with Crippen molar-refractivity contribution in [3.05, 3.63) is 35.5 Å². The molecule has 0 spiro atoms. The molecule has 1 heterocycles. The quantitative estimate of drug-likeness (QED) is 0.0127. The van der Waals surface area contributed by atoms with Crippen LogP contribution >= 0.6 is 0 Å². The Labute approximate surface area is 464 Å². The van der Waals surface area contributed by atoms with E-state index in [1.54, 1.807) is 18.2 Å². The molecule has 1 aromatic rings. The van der Waals surface area contributed by atoms with Crippen molar-refractivity contribution in [1.82, 2.24) is 47.4 Å². The first-order valence-electron chi connectivity index (χ1n) is 26.4. The van der Waals surface area contributed by atoms with Gasteiger partial charge in [0.25, 0.3) is 0 Å². The summed E-state index contributed by atoms with van der Waals surface area (Å²) in [5, 5.41) is 58.0. The van der Waals surface area contributed by atoms with E-state index in [9.17, 15) is 58.5 Å². The van der Waals surface area contributed by atoms with Gasteiger partial charge < -0.3 is 112 Å². The summed E-state index contributed by atoms with van der Waals surface area (Å²) >= 11 is 0. The van der Waals surface area contributed by atoms with E-state index in [1.807, 2.05) is 0 Å². The number of aliphatic hydroxyl groups excluding tert-OH is 2. The number of carbonyl (C=O) groups is 9. The van der Waals surface area contributed by atoms with Crippen LogP contribution in [-0.2, 0) is 49.6 Å². The summed E-state index contributed by atoms with van der Waals surface area (Å²) < 4.78 is 10.8. The number of rotatable bonds is 38. The fourth-order valence-electron chi connectivity index (χ4n) is 8.28. The second-order valence-corrected chi connectivity index (χ2v) is 18.8. The molecule has 9 atom stereocenters. The van der Waals surface area contributed by atoms with Gasteiger partial charge in [0.05, 0.1) is 39.0 Å². The van der Waals surface area contributed by atoms with Gasteiger partial charge in [-0.1, -0.05) is 18.6 Å². The molecule has 26 N–H and O–H groups in total. The molecule has 80 heavy (non-hydrogen) atoms. The van der Waals surface area contributed by atoms with Gasteiger partial charge in [-0.2, -0.15) is 0 Å². The van der Waals surface area contributed by atoms with E-state index in [-0.39, 0.29) is 77.1 Å². The van der Waals surface area contributed by atoms with Gasteiger partial charge in [-0.05, 0) is 102 Å². The number of aliphatic carboxylic acids is 1. The first kappa shape index (κ1) is 68.8. The SMILES string of the molecule is COc1ccc(C[C@H](NC(=O)[C@@H]2CCCN2C(=O)[C@@H](CCCN)NC(=O)CNC(=O)[C@@H](NC(=O)[C@@H](NC(=O)[C@@H](N)CCCCN)[C@@H](O)CN)[C@@H](O)CN)C(=O)N[C@@H](CCCCN)C(=O)N/C(=C\CCNC(=N)N)C(=O)O)cc1OC. The monoisotopic (exact) mass is 1140 g/mol. The molecule has 2 rings (SSSR count). The topological polar surface area (TPSA) is 538 Å². The van der Waals surface area contributed by atoms with Crippen molar-refractivity contribution < 1.29 is 67.9 Å². The first-order valence-corrected chi connectivity index (χ1v) is 26.4. The number of methoxy groups -OCH3 is 2. The molecule has 1 saturated heterocycles. The van der Waals surface area contributed by atoms with Crippen molar-refractivity contribution in [3.63, 3.8) is 0 Å². The lowest BCUT2D eigenvalue weighted by Gasteiger charge is -2.30. The summed E-state index contributed by atoms with van der Waals surface area (Å²) in [4.78, 5) is 123. The van der Waals surface area contributed by atoms with E-state index in [4.69, 9.17) is 55.0 Å². The molecule has 31 nitrogen and oxygen atoms in total. The largest absolute Gasteiger partial charge is 0.493 e. The Bertz CT molecular complexity index is 2260. The molecule has 1 aliphatic heterocycles. The van der Waals surface area contributed by atoms with Crippen LogP contribution in [0.5, 0.6) is 11.5 Å². The third-order valence-electron chi connectivity index (χ3n) is 12.7. The van der Waals surface area contributed by atoms with Crippen molar-refractivity contribution in [2.24, 2.45) is 40.1 Å². The maximum Gasteiger partial charge on any atom is 0.352 e. The minimum absolute atomic E-state index is 0.0101. The van der Waals surface area contributed by atoms with Crippen LogP contribution in [0.25, 0.3) is 0 Å². The number of hydrogen-bond acceptors (Lipinski definition) is 20. The van der Waals surface area contributed by atoms with Crippen molar-refractivity contribution >= 4 is 59.2 Å². The number of hydrogen-bond donors (Lipinski definition) is 19. The van der Waals surface area contributed by atoms with E-state index in [0.717, 1.165) is 0 Å². The number of guanidine groups is 1. The second-order valence-electron chi connectivity index (χ2n) is 18.8. The van der Waals surface area contributed by atoms with Crippen LogP contribution in [0, 0.1) is 5.41 Å². The smallest absolute Gasteiger partial charge is 0.352 e. The highest BCUT2D eigenvalue weighted by molar-refractivity contribution is 5.99. The van der Waals surface area contributed by atoms with Gasteiger partial charge in [0.1, 0.15) is 41.9 Å². The van der Waals surface area contributed by atoms with Gasteiger partial charge >= 0.3 is 5.97 Å². The van der Waals surface area contributed by atoms with Gasteiger partial charge in [0, 0.05) is 32.6 Å². The predicted molar refractivity (Wildman–Crippen MR) is 291 cm³/mol. The van der Waals surface area contributed by atoms with E-state index >= 15 is 0 Å². The molecule has 1 fully saturated rings. The van der Waals surface area contributed by atoms with Crippen molar-refractivity contribution in [3.8, 4) is 11.5 Å². The number of aliphatic hydroxyl groups is 2. The van der Waals surface area contributed by atoms with Crippen LogP contribution in [0.1, 0.15) is 76.2 Å². The van der Waals surface area contributed by atoms with E-state index in [2.05, 4.69) is 42.5 Å². The van der Waals surface area contributed by atoms with Crippen LogP contribution in [-0.4, -0.2) is 200 Å². The molecule has 0 saturated carbocycles. The van der Waals surface area contributed by atoms with E-state index in [0.29, 0.717) is 55.7 Å². The minimum Gasteiger partial charge on any atom is -0.493 e. The predicted octanol–water partition coefficient (Wildman–Crippen LogP) is -7.30. The fraction of sp³-hybridized carbons (Fsp3) is 0.633. The lowest BCUT2D eigenvalue weighted by Crippen LogP contribution is -2.63. The molecule has 1 aliphatic rings. The highest BCUT2D eigenvalue weighted by Gasteiger charge is 2.40. The molecular formula is C49H85N17O14. The molecular weight excluding hydrogens is 1050 g/mol. The molecule has 0 aliphatic carbocycles. The highest BCUT2D eigenvalue weighted by Crippen LogP contribution is 2.28. The lowest BCUT2D eigenvalue weighted by molar-refractivity contribution is -0.142. The number of nitrogens with two attached hydrogens (primary N) is 7. The number of nitrogens with one attached hydrogen (secondary N) is 9. The summed E-state index contributed by atoms with van der Waals surface area (Å²) in [6.45, 7) is -1.07. The normalized spacial score (nSPS) is 16.2. The number of benzene rings is 1. The Morgan fingerprint density at radius 1 is 0.713 bits per heavy atom. The Morgan fingerprint density at radius 2 is 1.31 bits per heavy atom. The van der Waals surface area contributed by atoms with Crippen molar-refractivity contribution in [1.29, 1.82) is 5.41 Å². The zero-order valence-electron chi connectivity index (χ0n) is 45.5. The summed E-state index contributed by atoms with van der Waals surface area (Å²) in [6.07, 6.45) is 0.351. The van der Waals surface area contributed by atoms with Crippen LogP contribution < -0.4 is 92.1 Å². The third-order valence-corrected chi connectivity index (χ3v) is 12.7. The van der Waals surface area contributed by atoms with Gasteiger partial charge in [0.2, 0.25) is 47.3 Å². The number of carboxylic acids is 1. The number of ether oxygens (including phenoxy) is 2.